The summed E-state index contributed by atoms with van der Waals surface area (Å²) >= 11 is 0. The van der Waals surface area contributed by atoms with Crippen molar-refractivity contribution in [3.8, 4) is 0 Å². The Bertz CT molecular complexity index is 559. The standard InChI is InChI=1S/C13H18N2O4S/c16-10-11-5-4-8-15(11)13(17)9-14-20(18,19)12-6-2-1-3-7-12/h1-3,6-7,11,14,16H,4-5,8-10H2/t11-/m1/s1. The predicted molar refractivity (Wildman–Crippen MR) is 73.5 cm³/mol. The lowest BCUT2D eigenvalue weighted by Gasteiger charge is -2.23. The maximum Gasteiger partial charge on any atom is 0.241 e. The van der Waals surface area contributed by atoms with E-state index in [0.29, 0.717) is 6.54 Å². The Kier molecular flexibility index (Phi) is 4.74. The van der Waals surface area contributed by atoms with Gasteiger partial charge in [-0.15, -0.1) is 0 Å². The number of likely N-dealkylation sites (tertiary alicyclic amines) is 1. The number of rotatable bonds is 5. The number of nitrogens with zero attached hydrogens (tertiary/aromatic N) is 1. The topological polar surface area (TPSA) is 86.7 Å². The molecule has 1 aliphatic heterocycles. The van der Waals surface area contributed by atoms with Crippen LogP contribution in [0.15, 0.2) is 35.2 Å². The van der Waals surface area contributed by atoms with E-state index >= 15 is 0 Å². The van der Waals surface area contributed by atoms with Gasteiger partial charge < -0.3 is 10.0 Å². The summed E-state index contributed by atoms with van der Waals surface area (Å²) in [6.07, 6.45) is 1.59. The average molecular weight is 298 g/mol. The van der Waals surface area contributed by atoms with Gasteiger partial charge in [0.15, 0.2) is 0 Å². The number of nitrogens with one attached hydrogen (secondary N) is 1. The number of carbonyl (C=O) groups is 1. The molecule has 1 fully saturated rings. The monoisotopic (exact) mass is 298 g/mol. The molecular weight excluding hydrogens is 280 g/mol. The Balaban J connectivity index is 1.97. The lowest BCUT2D eigenvalue weighted by atomic mass is 10.2. The van der Waals surface area contributed by atoms with Gasteiger partial charge in [-0.2, -0.15) is 0 Å². The minimum Gasteiger partial charge on any atom is -0.394 e. The van der Waals surface area contributed by atoms with E-state index in [4.69, 9.17) is 5.11 Å². The van der Waals surface area contributed by atoms with Gasteiger partial charge in [0.05, 0.1) is 24.1 Å². The summed E-state index contributed by atoms with van der Waals surface area (Å²) in [6, 6.07) is 7.72. The zero-order valence-corrected chi connectivity index (χ0v) is 11.8. The van der Waals surface area contributed by atoms with Crippen LogP contribution in [0.2, 0.25) is 0 Å². The third-order valence-electron chi connectivity index (χ3n) is 3.38. The summed E-state index contributed by atoms with van der Waals surface area (Å²) in [5.74, 6) is -0.305. The Labute approximate surface area is 118 Å². The van der Waals surface area contributed by atoms with Crippen LogP contribution in [-0.4, -0.2) is 50.1 Å². The molecule has 1 aromatic carbocycles. The minimum atomic E-state index is -3.67. The Hall–Kier alpha value is -1.44. The summed E-state index contributed by atoms with van der Waals surface area (Å²) in [5, 5.41) is 9.16. The molecule has 20 heavy (non-hydrogen) atoms. The van der Waals surface area contributed by atoms with Gasteiger partial charge in [0.2, 0.25) is 15.9 Å². The van der Waals surface area contributed by atoms with Gasteiger partial charge in [0, 0.05) is 6.54 Å². The first kappa shape index (κ1) is 15.0. The zero-order valence-electron chi connectivity index (χ0n) is 11.0. The molecule has 1 amide bonds. The number of amides is 1. The Morgan fingerprint density at radius 2 is 2.05 bits per heavy atom. The molecule has 1 heterocycles. The van der Waals surface area contributed by atoms with Crippen LogP contribution in [0.1, 0.15) is 12.8 Å². The van der Waals surface area contributed by atoms with Crippen molar-refractivity contribution in [2.75, 3.05) is 19.7 Å². The minimum absolute atomic E-state index is 0.0861. The van der Waals surface area contributed by atoms with Crippen molar-refractivity contribution in [2.24, 2.45) is 0 Å². The van der Waals surface area contributed by atoms with Gasteiger partial charge in [-0.05, 0) is 25.0 Å². The molecule has 2 N–H and O–H groups in total. The van der Waals surface area contributed by atoms with Crippen molar-refractivity contribution < 1.29 is 18.3 Å². The SMILES string of the molecule is O=C(CNS(=O)(=O)c1ccccc1)N1CCC[C@@H]1CO. The van der Waals surface area contributed by atoms with E-state index in [9.17, 15) is 13.2 Å². The van der Waals surface area contributed by atoms with E-state index in [1.54, 1.807) is 18.2 Å². The zero-order chi connectivity index (χ0) is 14.6. The largest absolute Gasteiger partial charge is 0.394 e. The molecule has 6 nitrogen and oxygen atoms in total. The van der Waals surface area contributed by atoms with E-state index in [1.165, 1.54) is 17.0 Å². The number of aliphatic hydroxyl groups excluding tert-OH is 1. The van der Waals surface area contributed by atoms with Gasteiger partial charge in [0.25, 0.3) is 0 Å². The van der Waals surface area contributed by atoms with E-state index < -0.39 is 10.0 Å². The highest BCUT2D eigenvalue weighted by Gasteiger charge is 2.28. The fourth-order valence-corrected chi connectivity index (χ4v) is 3.29. The van der Waals surface area contributed by atoms with Crippen LogP contribution in [0.3, 0.4) is 0 Å². The molecule has 0 saturated carbocycles. The maximum atomic E-state index is 12.0. The highest BCUT2D eigenvalue weighted by atomic mass is 32.2. The lowest BCUT2D eigenvalue weighted by Crippen LogP contribution is -2.43. The van der Waals surface area contributed by atoms with Gasteiger partial charge in [0.1, 0.15) is 0 Å². The summed E-state index contributed by atoms with van der Waals surface area (Å²) in [4.78, 5) is 13.6. The second-order valence-corrected chi connectivity index (χ2v) is 6.47. The molecule has 0 radical (unpaired) electrons. The summed E-state index contributed by atoms with van der Waals surface area (Å²) in [7, 11) is -3.67. The summed E-state index contributed by atoms with van der Waals surface area (Å²) in [5.41, 5.74) is 0. The van der Waals surface area contributed by atoms with Gasteiger partial charge in [-0.3, -0.25) is 4.79 Å². The van der Waals surface area contributed by atoms with Crippen LogP contribution in [0.4, 0.5) is 0 Å². The number of hydrogen-bond donors (Lipinski definition) is 2. The van der Waals surface area contributed by atoms with Gasteiger partial charge in [-0.25, -0.2) is 13.1 Å². The third-order valence-corrected chi connectivity index (χ3v) is 4.79. The first-order chi connectivity index (χ1) is 9.54. The first-order valence-corrected chi connectivity index (χ1v) is 7.98. The van der Waals surface area contributed by atoms with E-state index in [-0.39, 0.29) is 30.0 Å². The van der Waals surface area contributed by atoms with Crippen molar-refractivity contribution in [1.82, 2.24) is 9.62 Å². The first-order valence-electron chi connectivity index (χ1n) is 6.49. The van der Waals surface area contributed by atoms with Crippen molar-refractivity contribution in [1.29, 1.82) is 0 Å². The molecular formula is C13H18N2O4S. The quantitative estimate of drug-likeness (QED) is 0.798. The van der Waals surface area contributed by atoms with Crippen LogP contribution < -0.4 is 4.72 Å². The smallest absolute Gasteiger partial charge is 0.241 e. The van der Waals surface area contributed by atoms with E-state index in [0.717, 1.165) is 12.8 Å². The summed E-state index contributed by atoms with van der Waals surface area (Å²) in [6.45, 7) is 0.196. The molecule has 1 atom stereocenters. The second kappa shape index (κ2) is 6.34. The Morgan fingerprint density at radius 3 is 2.70 bits per heavy atom. The van der Waals surface area contributed by atoms with E-state index in [1.807, 2.05) is 0 Å². The van der Waals surface area contributed by atoms with Crippen molar-refractivity contribution in [3.05, 3.63) is 30.3 Å². The molecule has 0 aliphatic carbocycles. The van der Waals surface area contributed by atoms with Crippen LogP contribution in [0, 0.1) is 0 Å². The number of hydrogen-bond acceptors (Lipinski definition) is 4. The average Bonchev–Trinajstić information content (AvgIpc) is 2.94. The Morgan fingerprint density at radius 1 is 1.35 bits per heavy atom. The van der Waals surface area contributed by atoms with Crippen LogP contribution >= 0.6 is 0 Å². The lowest BCUT2D eigenvalue weighted by molar-refractivity contribution is -0.131. The summed E-state index contributed by atoms with van der Waals surface area (Å²) < 4.78 is 26.2. The van der Waals surface area contributed by atoms with Crippen molar-refractivity contribution >= 4 is 15.9 Å². The second-order valence-electron chi connectivity index (χ2n) is 4.70. The molecule has 1 saturated heterocycles. The molecule has 0 aromatic heterocycles. The molecule has 1 aromatic rings. The fraction of sp³-hybridized carbons (Fsp3) is 0.462. The molecule has 1 aliphatic rings. The van der Waals surface area contributed by atoms with Gasteiger partial charge >= 0.3 is 0 Å². The molecule has 0 spiro atoms. The highest BCUT2D eigenvalue weighted by Crippen LogP contribution is 2.16. The number of sulfonamides is 1. The van der Waals surface area contributed by atoms with E-state index in [2.05, 4.69) is 4.72 Å². The molecule has 0 unspecified atom stereocenters. The number of benzene rings is 1. The van der Waals surface area contributed by atoms with Crippen LogP contribution in [0.25, 0.3) is 0 Å². The molecule has 7 heteroatoms. The van der Waals surface area contributed by atoms with Crippen LogP contribution in [-0.2, 0) is 14.8 Å². The third kappa shape index (κ3) is 3.36. The predicted octanol–water partition coefficient (Wildman–Crippen LogP) is -0.0518. The van der Waals surface area contributed by atoms with Crippen molar-refractivity contribution in [3.63, 3.8) is 0 Å². The van der Waals surface area contributed by atoms with Crippen molar-refractivity contribution in [2.45, 2.75) is 23.8 Å². The number of carbonyl (C=O) groups excluding carboxylic acids is 1. The van der Waals surface area contributed by atoms with Crippen LogP contribution in [0.5, 0.6) is 0 Å². The fourth-order valence-electron chi connectivity index (χ4n) is 2.30. The molecule has 110 valence electrons. The highest BCUT2D eigenvalue weighted by molar-refractivity contribution is 7.89. The number of aliphatic hydroxyl groups is 1. The van der Waals surface area contributed by atoms with Gasteiger partial charge in [-0.1, -0.05) is 18.2 Å². The molecule has 0 bridgehead atoms. The molecule has 2 rings (SSSR count). The normalized spacial score (nSPS) is 19.2. The maximum absolute atomic E-state index is 12.0.